The number of aryl methyl sites for hydroxylation is 1. The van der Waals surface area contributed by atoms with Crippen molar-refractivity contribution in [1.82, 2.24) is 4.98 Å². The number of phenolic OH excluding ortho intramolecular Hbond substituents is 1. The third-order valence-electron chi connectivity index (χ3n) is 3.51. The van der Waals surface area contributed by atoms with Crippen LogP contribution in [0.4, 0.5) is 18.9 Å². The molecule has 0 atom stereocenters. The van der Waals surface area contributed by atoms with E-state index in [1.54, 1.807) is 6.92 Å². The van der Waals surface area contributed by atoms with Crippen molar-refractivity contribution in [2.24, 2.45) is 0 Å². The number of anilines is 1. The number of hydrogen-bond acceptors (Lipinski definition) is 4. The summed E-state index contributed by atoms with van der Waals surface area (Å²) in [7, 11) is 0. The predicted molar refractivity (Wildman–Crippen MR) is 90.4 cm³/mol. The van der Waals surface area contributed by atoms with Crippen molar-refractivity contribution < 1.29 is 23.1 Å². The molecule has 0 aliphatic carbocycles. The summed E-state index contributed by atoms with van der Waals surface area (Å²) >= 11 is 6.68. The number of amides is 1. The summed E-state index contributed by atoms with van der Waals surface area (Å²) < 4.78 is 38.3. The highest BCUT2D eigenvalue weighted by atomic mass is 35.5. The topological polar surface area (TPSA) is 62.2 Å². The fourth-order valence-electron chi connectivity index (χ4n) is 2.26. The van der Waals surface area contributed by atoms with E-state index >= 15 is 0 Å². The molecule has 1 amide bonds. The zero-order chi connectivity index (χ0) is 18.4. The maximum Gasteiger partial charge on any atom is 0.433 e. The molecule has 4 nitrogen and oxygen atoms in total. The summed E-state index contributed by atoms with van der Waals surface area (Å²) in [6, 6.07) is 6.33. The average molecular weight is 387 g/mol. The van der Waals surface area contributed by atoms with Crippen LogP contribution >= 0.6 is 22.9 Å². The second-order valence-electron chi connectivity index (χ2n) is 5.22. The van der Waals surface area contributed by atoms with Gasteiger partial charge in [-0.05, 0) is 42.8 Å². The number of halogens is 4. The highest BCUT2D eigenvalue weighted by Crippen LogP contribution is 2.35. The molecule has 3 rings (SSSR count). The number of fused-ring (bicyclic) bond motifs is 1. The fourth-order valence-corrected chi connectivity index (χ4v) is 3.51. The molecular formula is C16H10ClF3N2O2S. The Morgan fingerprint density at radius 1 is 1.28 bits per heavy atom. The molecule has 0 saturated carbocycles. The number of alkyl halides is 3. The zero-order valence-corrected chi connectivity index (χ0v) is 14.2. The Balaban J connectivity index is 1.99. The summed E-state index contributed by atoms with van der Waals surface area (Å²) in [6.45, 7) is 1.63. The lowest BCUT2D eigenvalue weighted by Gasteiger charge is -2.07. The third kappa shape index (κ3) is 3.40. The maximum absolute atomic E-state index is 12.8. The number of nitrogens with zero attached hydrogens (tertiary/aromatic N) is 1. The fraction of sp³-hybridized carbons (Fsp3) is 0.125. The minimum absolute atomic E-state index is 0.110. The molecule has 0 fully saturated rings. The summed E-state index contributed by atoms with van der Waals surface area (Å²) in [5, 5.41) is 13.0. The van der Waals surface area contributed by atoms with E-state index < -0.39 is 17.8 Å². The van der Waals surface area contributed by atoms with Gasteiger partial charge in [0.15, 0.2) is 0 Å². The summed E-state index contributed by atoms with van der Waals surface area (Å²) in [5.41, 5.74) is -0.390. The molecular weight excluding hydrogens is 377 g/mol. The second-order valence-corrected chi connectivity index (χ2v) is 6.65. The number of pyridine rings is 1. The maximum atomic E-state index is 12.8. The summed E-state index contributed by atoms with van der Waals surface area (Å²) in [6.07, 6.45) is -4.55. The Bertz CT molecular complexity index is 985. The van der Waals surface area contributed by atoms with Gasteiger partial charge >= 0.3 is 6.18 Å². The van der Waals surface area contributed by atoms with Crippen molar-refractivity contribution in [2.75, 3.05) is 5.32 Å². The van der Waals surface area contributed by atoms with E-state index in [9.17, 15) is 23.1 Å². The van der Waals surface area contributed by atoms with Crippen molar-refractivity contribution in [3.8, 4) is 5.75 Å². The Labute approximate surface area is 148 Å². The molecule has 2 N–H and O–H groups in total. The van der Waals surface area contributed by atoms with Crippen LogP contribution in [0.3, 0.4) is 0 Å². The number of phenols is 1. The minimum Gasteiger partial charge on any atom is -0.506 e. The first-order valence-corrected chi connectivity index (χ1v) is 8.13. The molecule has 25 heavy (non-hydrogen) atoms. The number of aromatic hydroxyl groups is 1. The number of benzene rings is 1. The van der Waals surface area contributed by atoms with Gasteiger partial charge in [0.2, 0.25) is 0 Å². The number of rotatable bonds is 2. The van der Waals surface area contributed by atoms with Crippen molar-refractivity contribution in [3.63, 3.8) is 0 Å². The SMILES string of the molecule is Cc1c(C(=O)Nc2cc(Cl)ccc2O)sc2nc(C(F)(F)F)ccc12. The second kappa shape index (κ2) is 6.20. The normalized spacial score (nSPS) is 11.7. The Morgan fingerprint density at radius 3 is 2.68 bits per heavy atom. The van der Waals surface area contributed by atoms with E-state index in [0.29, 0.717) is 16.0 Å². The lowest BCUT2D eigenvalue weighted by molar-refractivity contribution is -0.140. The van der Waals surface area contributed by atoms with Crippen LogP contribution in [0.1, 0.15) is 20.9 Å². The highest BCUT2D eigenvalue weighted by molar-refractivity contribution is 7.20. The van der Waals surface area contributed by atoms with Crippen LogP contribution in [-0.4, -0.2) is 16.0 Å². The number of hydrogen-bond donors (Lipinski definition) is 2. The molecule has 130 valence electrons. The molecule has 0 aliphatic heterocycles. The largest absolute Gasteiger partial charge is 0.506 e. The molecule has 2 heterocycles. The van der Waals surface area contributed by atoms with Crippen molar-refractivity contribution in [2.45, 2.75) is 13.1 Å². The molecule has 0 aliphatic rings. The third-order valence-corrected chi connectivity index (χ3v) is 4.94. The molecule has 3 aromatic rings. The van der Waals surface area contributed by atoms with Gasteiger partial charge in [-0.15, -0.1) is 11.3 Å². The van der Waals surface area contributed by atoms with E-state index in [2.05, 4.69) is 10.3 Å². The van der Waals surface area contributed by atoms with Crippen molar-refractivity contribution in [1.29, 1.82) is 0 Å². The molecule has 1 aromatic carbocycles. The lowest BCUT2D eigenvalue weighted by atomic mass is 10.1. The van der Waals surface area contributed by atoms with Crippen LogP contribution in [0.15, 0.2) is 30.3 Å². The van der Waals surface area contributed by atoms with E-state index in [-0.39, 0.29) is 21.1 Å². The minimum atomic E-state index is -4.55. The van der Waals surface area contributed by atoms with E-state index in [1.165, 1.54) is 24.3 Å². The molecule has 0 saturated heterocycles. The van der Waals surface area contributed by atoms with Crippen molar-refractivity contribution in [3.05, 3.63) is 51.5 Å². The molecule has 0 spiro atoms. The van der Waals surface area contributed by atoms with Crippen LogP contribution in [0.2, 0.25) is 5.02 Å². The zero-order valence-electron chi connectivity index (χ0n) is 12.6. The first kappa shape index (κ1) is 17.5. The smallest absolute Gasteiger partial charge is 0.433 e. The molecule has 0 unspecified atom stereocenters. The molecule has 2 aromatic heterocycles. The van der Waals surface area contributed by atoms with Crippen LogP contribution in [0.25, 0.3) is 10.2 Å². The van der Waals surface area contributed by atoms with Crippen LogP contribution in [-0.2, 0) is 6.18 Å². The van der Waals surface area contributed by atoms with Crippen LogP contribution in [0, 0.1) is 6.92 Å². The van der Waals surface area contributed by atoms with Gasteiger partial charge < -0.3 is 10.4 Å². The van der Waals surface area contributed by atoms with Gasteiger partial charge in [0.05, 0.1) is 10.6 Å². The van der Waals surface area contributed by atoms with E-state index in [0.717, 1.165) is 17.4 Å². The molecule has 0 radical (unpaired) electrons. The van der Waals surface area contributed by atoms with Gasteiger partial charge in [-0.3, -0.25) is 4.79 Å². The lowest BCUT2D eigenvalue weighted by Crippen LogP contribution is -2.11. The van der Waals surface area contributed by atoms with Gasteiger partial charge in [0, 0.05) is 10.4 Å². The highest BCUT2D eigenvalue weighted by Gasteiger charge is 2.33. The Hall–Kier alpha value is -2.32. The first-order valence-electron chi connectivity index (χ1n) is 6.94. The van der Waals surface area contributed by atoms with Gasteiger partial charge in [-0.1, -0.05) is 11.6 Å². The number of carbonyl (C=O) groups is 1. The Morgan fingerprint density at radius 2 is 2.00 bits per heavy atom. The van der Waals surface area contributed by atoms with E-state index in [1.807, 2.05) is 0 Å². The standard InChI is InChI=1S/C16H10ClF3N2O2S/c1-7-9-3-5-12(16(18,19)20)22-15(9)25-13(7)14(24)21-10-6-8(17)2-4-11(10)23/h2-6,23H,1H3,(H,21,24). The predicted octanol–water partition coefficient (Wildman–Crippen LogP) is 5.23. The van der Waals surface area contributed by atoms with Gasteiger partial charge in [-0.25, -0.2) is 4.98 Å². The summed E-state index contributed by atoms with van der Waals surface area (Å²) in [4.78, 5) is 16.4. The monoisotopic (exact) mass is 386 g/mol. The van der Waals surface area contributed by atoms with E-state index in [4.69, 9.17) is 11.6 Å². The molecule has 0 bridgehead atoms. The number of thiophene rings is 1. The van der Waals surface area contributed by atoms with Crippen molar-refractivity contribution >= 4 is 44.7 Å². The van der Waals surface area contributed by atoms with Crippen LogP contribution in [0.5, 0.6) is 5.75 Å². The quantitative estimate of drug-likeness (QED) is 0.592. The van der Waals surface area contributed by atoms with Gasteiger partial charge in [-0.2, -0.15) is 13.2 Å². The number of aromatic nitrogens is 1. The van der Waals surface area contributed by atoms with Crippen LogP contribution < -0.4 is 5.32 Å². The number of carbonyl (C=O) groups excluding carboxylic acids is 1. The summed E-state index contributed by atoms with van der Waals surface area (Å²) in [5.74, 6) is -0.736. The average Bonchev–Trinajstić information content (AvgIpc) is 2.87. The number of nitrogens with one attached hydrogen (secondary N) is 1. The first-order chi connectivity index (χ1) is 11.7. The Kier molecular flexibility index (Phi) is 4.34. The molecule has 9 heteroatoms. The van der Waals surface area contributed by atoms with Gasteiger partial charge in [0.25, 0.3) is 5.91 Å². The van der Waals surface area contributed by atoms with Gasteiger partial charge in [0.1, 0.15) is 16.3 Å².